The first-order chi connectivity index (χ1) is 15.8. The third-order valence-electron chi connectivity index (χ3n) is 4.91. The number of ether oxygens (including phenoxy) is 1. The summed E-state index contributed by atoms with van der Waals surface area (Å²) in [6.45, 7) is 1.87. The van der Waals surface area contributed by atoms with Gasteiger partial charge in [-0.3, -0.25) is 0 Å². The lowest BCUT2D eigenvalue weighted by molar-refractivity contribution is 0.0734. The number of carbonyl (C=O) groups is 1. The van der Waals surface area contributed by atoms with Gasteiger partial charge in [0.2, 0.25) is 0 Å². The number of esters is 1. The third-order valence-corrected chi connectivity index (χ3v) is 6.40. The minimum Gasteiger partial charge on any atom is -0.422 e. The van der Waals surface area contributed by atoms with Crippen molar-refractivity contribution in [2.75, 3.05) is 0 Å². The van der Waals surface area contributed by atoms with Crippen molar-refractivity contribution < 1.29 is 17.9 Å². The van der Waals surface area contributed by atoms with Crippen LogP contribution in [0.4, 0.5) is 0 Å². The number of aryl methyl sites for hydroxylation is 1. The molecule has 4 aromatic carbocycles. The van der Waals surface area contributed by atoms with E-state index in [1.54, 1.807) is 42.5 Å². The zero-order valence-corrected chi connectivity index (χ0v) is 19.1. The maximum atomic E-state index is 12.6. The number of benzene rings is 4. The molecule has 0 aromatic heterocycles. The Kier molecular flexibility index (Phi) is 6.44. The predicted molar refractivity (Wildman–Crippen MR) is 129 cm³/mol. The van der Waals surface area contributed by atoms with Crippen LogP contribution in [-0.4, -0.2) is 20.6 Å². The lowest BCUT2D eigenvalue weighted by atomic mass is 10.0. The number of fused-ring (bicyclic) bond motifs is 1. The number of rotatable bonds is 6. The molecule has 4 aromatic rings. The first-order valence-corrected chi connectivity index (χ1v) is 11.8. The van der Waals surface area contributed by atoms with E-state index in [0.717, 1.165) is 16.3 Å². The van der Waals surface area contributed by atoms with Crippen LogP contribution < -0.4 is 9.57 Å². The molecule has 0 saturated carbocycles. The van der Waals surface area contributed by atoms with E-state index < -0.39 is 16.0 Å². The van der Waals surface area contributed by atoms with E-state index in [4.69, 9.17) is 16.3 Å². The van der Waals surface area contributed by atoms with Crippen LogP contribution >= 0.6 is 11.6 Å². The lowest BCUT2D eigenvalue weighted by Gasteiger charge is -2.11. The molecule has 166 valence electrons. The molecule has 0 unspecified atom stereocenters. The lowest BCUT2D eigenvalue weighted by Crippen LogP contribution is -2.18. The highest BCUT2D eigenvalue weighted by Crippen LogP contribution is 2.27. The van der Waals surface area contributed by atoms with E-state index >= 15 is 0 Å². The van der Waals surface area contributed by atoms with Gasteiger partial charge in [0, 0.05) is 10.6 Å². The fraction of sp³-hybridized carbons (Fsp3) is 0.0400. The van der Waals surface area contributed by atoms with E-state index in [1.165, 1.54) is 18.3 Å². The molecule has 0 radical (unpaired) electrons. The van der Waals surface area contributed by atoms with Crippen LogP contribution in [-0.2, 0) is 10.0 Å². The molecule has 4 rings (SSSR count). The van der Waals surface area contributed by atoms with Crippen LogP contribution in [0.25, 0.3) is 10.8 Å². The number of sulfonamides is 1. The SMILES string of the molecule is Cc1ccc(S(=O)(=O)NN=Cc2c(OC(=O)c3ccc(Cl)cc3)ccc3ccccc23)cc1. The number of halogens is 1. The molecule has 33 heavy (non-hydrogen) atoms. The zero-order valence-electron chi connectivity index (χ0n) is 17.5. The summed E-state index contributed by atoms with van der Waals surface area (Å²) in [6.07, 6.45) is 1.33. The van der Waals surface area contributed by atoms with Crippen LogP contribution in [0.5, 0.6) is 5.75 Å². The molecule has 0 heterocycles. The molecule has 6 nitrogen and oxygen atoms in total. The monoisotopic (exact) mass is 478 g/mol. The van der Waals surface area contributed by atoms with Crippen LogP contribution in [0, 0.1) is 6.92 Å². The van der Waals surface area contributed by atoms with Crippen LogP contribution in [0.3, 0.4) is 0 Å². The van der Waals surface area contributed by atoms with Crippen molar-refractivity contribution in [1.82, 2.24) is 4.83 Å². The zero-order chi connectivity index (χ0) is 23.4. The van der Waals surface area contributed by atoms with Gasteiger partial charge >= 0.3 is 5.97 Å². The first-order valence-electron chi connectivity index (χ1n) is 9.94. The molecule has 0 aliphatic rings. The molecule has 0 aliphatic carbocycles. The van der Waals surface area contributed by atoms with Crippen molar-refractivity contribution in [2.45, 2.75) is 11.8 Å². The van der Waals surface area contributed by atoms with Gasteiger partial charge in [0.15, 0.2) is 0 Å². The Morgan fingerprint density at radius 3 is 2.36 bits per heavy atom. The smallest absolute Gasteiger partial charge is 0.343 e. The average Bonchev–Trinajstić information content (AvgIpc) is 2.81. The Balaban J connectivity index is 1.65. The molecule has 8 heteroatoms. The fourth-order valence-corrected chi connectivity index (χ4v) is 4.09. The molecular formula is C25H19ClN2O4S. The Hall–Kier alpha value is -3.68. The highest BCUT2D eigenvalue weighted by molar-refractivity contribution is 7.89. The minimum atomic E-state index is -3.85. The molecule has 0 amide bonds. The number of carbonyl (C=O) groups excluding carboxylic acids is 1. The molecule has 0 fully saturated rings. The van der Waals surface area contributed by atoms with Gasteiger partial charge in [-0.25, -0.2) is 9.63 Å². The Labute approximate surface area is 196 Å². The molecule has 0 bridgehead atoms. The molecule has 1 N–H and O–H groups in total. The number of nitrogens with zero attached hydrogens (tertiary/aromatic N) is 1. The summed E-state index contributed by atoms with van der Waals surface area (Å²) in [4.78, 5) is 14.9. The summed E-state index contributed by atoms with van der Waals surface area (Å²) >= 11 is 5.89. The van der Waals surface area contributed by atoms with Crippen molar-refractivity contribution in [2.24, 2.45) is 5.10 Å². The van der Waals surface area contributed by atoms with Crippen molar-refractivity contribution in [1.29, 1.82) is 0 Å². The van der Waals surface area contributed by atoms with Crippen molar-refractivity contribution in [3.05, 3.63) is 107 Å². The summed E-state index contributed by atoms with van der Waals surface area (Å²) in [5.41, 5.74) is 1.73. The van der Waals surface area contributed by atoms with Gasteiger partial charge in [-0.05, 0) is 60.2 Å². The van der Waals surface area contributed by atoms with Crippen LogP contribution in [0.1, 0.15) is 21.5 Å². The molecule has 0 atom stereocenters. The van der Waals surface area contributed by atoms with E-state index in [0.29, 0.717) is 16.1 Å². The maximum Gasteiger partial charge on any atom is 0.343 e. The molecule has 0 saturated heterocycles. The van der Waals surface area contributed by atoms with Gasteiger partial charge in [0.25, 0.3) is 10.0 Å². The summed E-state index contributed by atoms with van der Waals surface area (Å²) in [5.74, 6) is -0.330. The topological polar surface area (TPSA) is 84.8 Å². The van der Waals surface area contributed by atoms with Crippen LogP contribution in [0.15, 0.2) is 94.9 Å². The van der Waals surface area contributed by atoms with Gasteiger partial charge < -0.3 is 4.74 Å². The average molecular weight is 479 g/mol. The van der Waals surface area contributed by atoms with Gasteiger partial charge in [-0.2, -0.15) is 13.5 Å². The molecule has 0 spiro atoms. The number of nitrogens with one attached hydrogen (secondary N) is 1. The standard InChI is InChI=1S/C25H19ClN2O4S/c1-17-6-13-21(14-7-17)33(30,31)28-27-16-23-22-5-3-2-4-18(22)10-15-24(23)32-25(29)19-8-11-20(26)12-9-19/h2-16,28H,1H3. The molecule has 0 aliphatic heterocycles. The van der Waals surface area contributed by atoms with E-state index in [-0.39, 0.29) is 10.6 Å². The largest absolute Gasteiger partial charge is 0.422 e. The number of hydrogen-bond donors (Lipinski definition) is 1. The Morgan fingerprint density at radius 1 is 0.939 bits per heavy atom. The van der Waals surface area contributed by atoms with Gasteiger partial charge in [0.05, 0.1) is 16.7 Å². The second-order valence-corrected chi connectivity index (χ2v) is 9.36. The van der Waals surface area contributed by atoms with Crippen LogP contribution in [0.2, 0.25) is 5.02 Å². The highest BCUT2D eigenvalue weighted by atomic mass is 35.5. The number of hydrogen-bond acceptors (Lipinski definition) is 5. The number of hydrazone groups is 1. The third kappa shape index (κ3) is 5.22. The summed E-state index contributed by atoms with van der Waals surface area (Å²) in [5, 5.41) is 6.08. The maximum absolute atomic E-state index is 12.6. The Morgan fingerprint density at radius 2 is 1.64 bits per heavy atom. The van der Waals surface area contributed by atoms with Crippen molar-refractivity contribution in [3.63, 3.8) is 0 Å². The summed E-state index contributed by atoms with van der Waals surface area (Å²) < 4.78 is 30.7. The normalized spacial score (nSPS) is 11.6. The second kappa shape index (κ2) is 9.44. The summed E-state index contributed by atoms with van der Waals surface area (Å²) in [6, 6.07) is 23.7. The van der Waals surface area contributed by atoms with E-state index in [9.17, 15) is 13.2 Å². The minimum absolute atomic E-state index is 0.0950. The quantitative estimate of drug-likeness (QED) is 0.175. The summed E-state index contributed by atoms with van der Waals surface area (Å²) in [7, 11) is -3.85. The van der Waals surface area contributed by atoms with Gasteiger partial charge in [-0.15, -0.1) is 0 Å². The van der Waals surface area contributed by atoms with Gasteiger partial charge in [-0.1, -0.05) is 59.6 Å². The van der Waals surface area contributed by atoms with Crippen molar-refractivity contribution in [3.8, 4) is 5.75 Å². The van der Waals surface area contributed by atoms with E-state index in [1.807, 2.05) is 37.3 Å². The predicted octanol–water partition coefficient (Wildman–Crippen LogP) is 5.33. The second-order valence-electron chi connectivity index (χ2n) is 7.26. The van der Waals surface area contributed by atoms with Gasteiger partial charge in [0.1, 0.15) is 5.75 Å². The highest BCUT2D eigenvalue weighted by Gasteiger charge is 2.15. The van der Waals surface area contributed by atoms with Crippen molar-refractivity contribution >= 4 is 44.6 Å². The van der Waals surface area contributed by atoms with E-state index in [2.05, 4.69) is 9.93 Å². The molecular weight excluding hydrogens is 460 g/mol. The Bertz CT molecular complexity index is 1450. The fourth-order valence-electron chi connectivity index (χ4n) is 3.17. The first kappa shape index (κ1) is 22.5.